The van der Waals surface area contributed by atoms with Crippen LogP contribution in [-0.4, -0.2) is 86.3 Å². The summed E-state index contributed by atoms with van der Waals surface area (Å²) in [5.41, 5.74) is 2.55. The molecule has 5 rings (SSSR count). The second kappa shape index (κ2) is 10.4. The van der Waals surface area contributed by atoms with Crippen LogP contribution in [0.25, 0.3) is 22.2 Å². The third-order valence-corrected chi connectivity index (χ3v) is 7.13. The van der Waals surface area contributed by atoms with Crippen molar-refractivity contribution in [3.8, 4) is 17.1 Å². The summed E-state index contributed by atoms with van der Waals surface area (Å²) in [7, 11) is 5.38. The highest BCUT2D eigenvalue weighted by atomic mass is 19.1. The Balaban J connectivity index is 1.40. The number of H-pyrrole nitrogens is 1. The first-order chi connectivity index (χ1) is 18.2. The molecular formula is C26H32FN9O2. The van der Waals surface area contributed by atoms with Gasteiger partial charge in [-0.15, -0.1) is 5.10 Å². The Bertz CT molecular complexity index is 1470. The summed E-state index contributed by atoms with van der Waals surface area (Å²) in [5.74, 6) is -0.0891. The number of halogens is 1. The molecule has 1 unspecified atom stereocenters. The summed E-state index contributed by atoms with van der Waals surface area (Å²) in [6.07, 6.45) is 4.53. The van der Waals surface area contributed by atoms with Gasteiger partial charge in [-0.2, -0.15) is 0 Å². The number of aromatic nitrogens is 5. The number of piperazine rings is 1. The van der Waals surface area contributed by atoms with E-state index in [-0.39, 0.29) is 23.6 Å². The highest BCUT2D eigenvalue weighted by Gasteiger charge is 2.28. The van der Waals surface area contributed by atoms with Crippen molar-refractivity contribution in [3.05, 3.63) is 42.6 Å². The molecule has 3 aromatic heterocycles. The molecule has 1 aliphatic rings. The van der Waals surface area contributed by atoms with Crippen molar-refractivity contribution in [2.45, 2.75) is 25.9 Å². The molecule has 1 saturated heterocycles. The topological polar surface area (TPSA) is 116 Å². The van der Waals surface area contributed by atoms with E-state index in [0.29, 0.717) is 34.4 Å². The molecule has 0 radical (unpaired) electrons. The van der Waals surface area contributed by atoms with Gasteiger partial charge in [-0.25, -0.2) is 14.4 Å². The van der Waals surface area contributed by atoms with E-state index in [9.17, 15) is 9.18 Å². The standard InChI is InChI=1S/C26H32FN9O2/c1-15-13-36(10-9-34(15)3)16(2)24(37)30-20-8-6-7-17-18(11-28-23(17)20)22-19(27)12-29-26(32-22)31-21-14-35(4)33-25(21)38-5/h6-8,11-12,14-16,28H,9-10,13H2,1-5H3,(H,30,37)(H,29,31,32)/t15-,16?/m1/s1. The Hall–Kier alpha value is -4.03. The van der Waals surface area contributed by atoms with Gasteiger partial charge in [0.2, 0.25) is 11.9 Å². The van der Waals surface area contributed by atoms with Gasteiger partial charge in [0, 0.05) is 49.9 Å². The lowest BCUT2D eigenvalue weighted by molar-refractivity contribution is -0.121. The number of aryl methyl sites for hydroxylation is 1. The van der Waals surface area contributed by atoms with E-state index >= 15 is 0 Å². The molecule has 0 saturated carbocycles. The van der Waals surface area contributed by atoms with Crippen LogP contribution in [0.2, 0.25) is 0 Å². The summed E-state index contributed by atoms with van der Waals surface area (Å²) in [4.78, 5) is 29.4. The minimum Gasteiger partial charge on any atom is -0.478 e. The molecule has 3 N–H and O–H groups in total. The third kappa shape index (κ3) is 4.92. The van der Waals surface area contributed by atoms with Crippen LogP contribution in [0, 0.1) is 5.82 Å². The molecule has 1 fully saturated rings. The molecule has 1 aliphatic heterocycles. The SMILES string of the molecule is COc1nn(C)cc1Nc1ncc(F)c(-c2c[nH]c3c(NC(=O)C(C)N4CCN(C)[C@H](C)C4)cccc23)n1. The second-order valence-corrected chi connectivity index (χ2v) is 9.66. The monoisotopic (exact) mass is 521 g/mol. The number of aromatic amines is 1. The quantitative estimate of drug-likeness (QED) is 0.340. The molecule has 200 valence electrons. The number of anilines is 3. The maximum atomic E-state index is 14.9. The molecule has 1 amide bonds. The number of methoxy groups -OCH3 is 1. The van der Waals surface area contributed by atoms with Crippen molar-refractivity contribution in [1.82, 2.24) is 34.5 Å². The molecule has 12 heteroatoms. The van der Waals surface area contributed by atoms with Crippen LogP contribution in [0.5, 0.6) is 5.88 Å². The molecule has 0 bridgehead atoms. The molecule has 4 aromatic rings. The van der Waals surface area contributed by atoms with Gasteiger partial charge in [0.15, 0.2) is 5.82 Å². The van der Waals surface area contributed by atoms with Crippen LogP contribution in [0.4, 0.5) is 21.7 Å². The fourth-order valence-corrected chi connectivity index (χ4v) is 4.73. The average molecular weight is 522 g/mol. The summed E-state index contributed by atoms with van der Waals surface area (Å²) in [6.45, 7) is 6.67. The van der Waals surface area contributed by atoms with E-state index in [1.54, 1.807) is 24.1 Å². The van der Waals surface area contributed by atoms with Gasteiger partial charge < -0.3 is 25.3 Å². The average Bonchev–Trinajstić information content (AvgIpc) is 3.49. The molecule has 2 atom stereocenters. The smallest absolute Gasteiger partial charge is 0.256 e. The number of benzene rings is 1. The van der Waals surface area contributed by atoms with E-state index in [1.165, 1.54) is 7.11 Å². The first kappa shape index (κ1) is 25.6. The maximum Gasteiger partial charge on any atom is 0.256 e. The summed E-state index contributed by atoms with van der Waals surface area (Å²) in [5, 5.41) is 11.0. The number of carbonyl (C=O) groups is 1. The first-order valence-corrected chi connectivity index (χ1v) is 12.5. The molecule has 1 aromatic carbocycles. The number of likely N-dealkylation sites (N-methyl/N-ethyl adjacent to an activating group) is 1. The van der Waals surface area contributed by atoms with Crippen molar-refractivity contribution in [2.24, 2.45) is 7.05 Å². The van der Waals surface area contributed by atoms with Crippen LogP contribution in [-0.2, 0) is 11.8 Å². The van der Waals surface area contributed by atoms with Crippen molar-refractivity contribution < 1.29 is 13.9 Å². The van der Waals surface area contributed by atoms with Gasteiger partial charge in [0.25, 0.3) is 5.88 Å². The van der Waals surface area contributed by atoms with Gasteiger partial charge in [0.1, 0.15) is 11.4 Å². The summed E-state index contributed by atoms with van der Waals surface area (Å²) >= 11 is 0. The number of hydrogen-bond acceptors (Lipinski definition) is 8. The predicted octanol–water partition coefficient (Wildman–Crippen LogP) is 3.21. The predicted molar refractivity (Wildman–Crippen MR) is 144 cm³/mol. The number of rotatable bonds is 7. The Kier molecular flexibility index (Phi) is 7.00. The normalized spacial score (nSPS) is 17.5. The first-order valence-electron chi connectivity index (χ1n) is 12.5. The number of nitrogens with one attached hydrogen (secondary N) is 3. The Morgan fingerprint density at radius 1 is 1.26 bits per heavy atom. The minimum absolute atomic E-state index is 0.0875. The number of amides is 1. The second-order valence-electron chi connectivity index (χ2n) is 9.66. The Morgan fingerprint density at radius 2 is 2.08 bits per heavy atom. The van der Waals surface area contributed by atoms with Crippen molar-refractivity contribution in [2.75, 3.05) is 44.4 Å². The highest BCUT2D eigenvalue weighted by Crippen LogP contribution is 2.34. The van der Waals surface area contributed by atoms with Crippen LogP contribution >= 0.6 is 0 Å². The van der Waals surface area contributed by atoms with Crippen molar-refractivity contribution in [1.29, 1.82) is 0 Å². The molecule has 4 heterocycles. The van der Waals surface area contributed by atoms with Crippen LogP contribution in [0.15, 0.2) is 36.8 Å². The minimum atomic E-state index is -0.568. The molecule has 0 aliphatic carbocycles. The largest absolute Gasteiger partial charge is 0.478 e. The number of fused-ring (bicyclic) bond motifs is 1. The van der Waals surface area contributed by atoms with Crippen LogP contribution < -0.4 is 15.4 Å². The van der Waals surface area contributed by atoms with E-state index < -0.39 is 5.82 Å². The van der Waals surface area contributed by atoms with E-state index in [0.717, 1.165) is 31.2 Å². The molecule has 11 nitrogen and oxygen atoms in total. The fraction of sp³-hybridized carbons (Fsp3) is 0.385. The van der Waals surface area contributed by atoms with Gasteiger partial charge in [0.05, 0.1) is 36.7 Å². The van der Waals surface area contributed by atoms with E-state index in [2.05, 4.69) is 54.5 Å². The molecular weight excluding hydrogens is 489 g/mol. The number of para-hydroxylation sites is 1. The fourth-order valence-electron chi connectivity index (χ4n) is 4.73. The van der Waals surface area contributed by atoms with Gasteiger partial charge in [-0.1, -0.05) is 12.1 Å². The van der Waals surface area contributed by atoms with E-state index in [4.69, 9.17) is 4.74 Å². The number of hydrogen-bond donors (Lipinski definition) is 3. The van der Waals surface area contributed by atoms with Crippen molar-refractivity contribution in [3.63, 3.8) is 0 Å². The molecule has 38 heavy (non-hydrogen) atoms. The Morgan fingerprint density at radius 3 is 2.84 bits per heavy atom. The van der Waals surface area contributed by atoms with Crippen LogP contribution in [0.1, 0.15) is 13.8 Å². The number of carbonyl (C=O) groups excluding carboxylic acids is 1. The zero-order valence-corrected chi connectivity index (χ0v) is 22.1. The zero-order valence-electron chi connectivity index (χ0n) is 22.1. The number of ether oxygens (including phenoxy) is 1. The van der Waals surface area contributed by atoms with Gasteiger partial charge in [-0.05, 0) is 27.0 Å². The summed E-state index contributed by atoms with van der Waals surface area (Å²) < 4.78 is 21.8. The Labute approximate surface area is 220 Å². The highest BCUT2D eigenvalue weighted by molar-refractivity contribution is 6.06. The number of nitrogens with zero attached hydrogens (tertiary/aromatic N) is 6. The van der Waals surface area contributed by atoms with E-state index in [1.807, 2.05) is 25.1 Å². The van der Waals surface area contributed by atoms with Gasteiger partial charge in [-0.3, -0.25) is 14.4 Å². The maximum absolute atomic E-state index is 14.9. The van der Waals surface area contributed by atoms with Crippen LogP contribution in [0.3, 0.4) is 0 Å². The zero-order chi connectivity index (χ0) is 27.0. The lowest BCUT2D eigenvalue weighted by Crippen LogP contribution is -2.55. The lowest BCUT2D eigenvalue weighted by atomic mass is 10.1. The summed E-state index contributed by atoms with van der Waals surface area (Å²) in [6, 6.07) is 5.62. The molecule has 0 spiro atoms. The lowest BCUT2D eigenvalue weighted by Gasteiger charge is -2.40. The van der Waals surface area contributed by atoms with Crippen molar-refractivity contribution >= 4 is 34.1 Å². The third-order valence-electron chi connectivity index (χ3n) is 7.13. The van der Waals surface area contributed by atoms with Gasteiger partial charge >= 0.3 is 0 Å².